The van der Waals surface area contributed by atoms with E-state index in [4.69, 9.17) is 4.42 Å². The molecule has 3 rings (SSSR count). The van der Waals surface area contributed by atoms with Gasteiger partial charge in [-0.3, -0.25) is 4.79 Å². The second kappa shape index (κ2) is 7.12. The molecule has 1 heterocycles. The maximum absolute atomic E-state index is 12.4. The van der Waals surface area contributed by atoms with Crippen LogP contribution in [0, 0.1) is 0 Å². The molecular weight excluding hydrogens is 316 g/mol. The van der Waals surface area contributed by atoms with Gasteiger partial charge < -0.3 is 14.5 Å². The van der Waals surface area contributed by atoms with E-state index in [0.717, 1.165) is 11.0 Å². The van der Waals surface area contributed by atoms with Crippen molar-refractivity contribution in [2.24, 2.45) is 0 Å². The molecule has 4 nitrogen and oxygen atoms in total. The van der Waals surface area contributed by atoms with Gasteiger partial charge in [-0.2, -0.15) is 8.78 Å². The van der Waals surface area contributed by atoms with E-state index in [1.807, 2.05) is 30.3 Å². The van der Waals surface area contributed by atoms with Crippen LogP contribution in [0.3, 0.4) is 0 Å². The monoisotopic (exact) mass is 331 g/mol. The molecule has 0 aliphatic carbocycles. The zero-order valence-electron chi connectivity index (χ0n) is 12.7. The van der Waals surface area contributed by atoms with Crippen molar-refractivity contribution in [1.29, 1.82) is 0 Å². The average molecular weight is 331 g/mol. The van der Waals surface area contributed by atoms with Gasteiger partial charge in [0.2, 0.25) is 5.91 Å². The minimum atomic E-state index is -2.91. The van der Waals surface area contributed by atoms with Gasteiger partial charge in [-0.05, 0) is 18.2 Å². The Bertz CT molecular complexity index is 812. The summed E-state index contributed by atoms with van der Waals surface area (Å²) in [7, 11) is 0. The number of carbonyl (C=O) groups excluding carboxylic acids is 1. The topological polar surface area (TPSA) is 51.5 Å². The molecular formula is C18H15F2NO3. The number of ether oxygens (including phenoxy) is 1. The van der Waals surface area contributed by atoms with Gasteiger partial charge in [0.05, 0.1) is 6.42 Å². The van der Waals surface area contributed by atoms with Gasteiger partial charge in [-0.1, -0.05) is 36.4 Å². The summed E-state index contributed by atoms with van der Waals surface area (Å²) in [4.78, 5) is 12.0. The number of halogens is 2. The Morgan fingerprint density at radius 3 is 2.67 bits per heavy atom. The van der Waals surface area contributed by atoms with Crippen molar-refractivity contribution in [3.05, 3.63) is 65.9 Å². The average Bonchev–Trinajstić information content (AvgIpc) is 2.95. The van der Waals surface area contributed by atoms with Gasteiger partial charge in [0.1, 0.15) is 17.1 Å². The first-order valence-corrected chi connectivity index (χ1v) is 7.38. The number of rotatable bonds is 6. The summed E-state index contributed by atoms with van der Waals surface area (Å²) in [6.45, 7) is -2.81. The number of amides is 1. The molecule has 0 fully saturated rings. The van der Waals surface area contributed by atoms with Crippen LogP contribution in [0.5, 0.6) is 5.75 Å². The van der Waals surface area contributed by atoms with Crippen molar-refractivity contribution >= 4 is 16.9 Å². The molecule has 1 N–H and O–H groups in total. The van der Waals surface area contributed by atoms with E-state index >= 15 is 0 Å². The fourth-order valence-corrected chi connectivity index (χ4v) is 2.40. The Kier molecular flexibility index (Phi) is 4.74. The van der Waals surface area contributed by atoms with Crippen LogP contribution in [0.4, 0.5) is 8.78 Å². The lowest BCUT2D eigenvalue weighted by molar-refractivity contribution is -0.120. The van der Waals surface area contributed by atoms with Crippen molar-refractivity contribution in [2.45, 2.75) is 19.6 Å². The van der Waals surface area contributed by atoms with E-state index in [2.05, 4.69) is 10.1 Å². The lowest BCUT2D eigenvalue weighted by atomic mass is 10.2. The van der Waals surface area contributed by atoms with Crippen molar-refractivity contribution in [3.63, 3.8) is 0 Å². The molecule has 6 heteroatoms. The van der Waals surface area contributed by atoms with Crippen LogP contribution < -0.4 is 10.1 Å². The highest BCUT2D eigenvalue weighted by Gasteiger charge is 2.12. The van der Waals surface area contributed by atoms with E-state index < -0.39 is 6.61 Å². The van der Waals surface area contributed by atoms with Gasteiger partial charge in [-0.15, -0.1) is 0 Å². The van der Waals surface area contributed by atoms with Gasteiger partial charge >= 0.3 is 6.61 Å². The van der Waals surface area contributed by atoms with Crippen LogP contribution in [0.2, 0.25) is 0 Å². The van der Waals surface area contributed by atoms with E-state index in [9.17, 15) is 13.6 Å². The number of nitrogens with one attached hydrogen (secondary N) is 1. The lowest BCUT2D eigenvalue weighted by Gasteiger charge is -2.11. The van der Waals surface area contributed by atoms with Gasteiger partial charge in [0, 0.05) is 17.5 Å². The van der Waals surface area contributed by atoms with Crippen LogP contribution >= 0.6 is 0 Å². The summed E-state index contributed by atoms with van der Waals surface area (Å²) in [5, 5.41) is 3.61. The molecule has 0 bridgehead atoms. The summed E-state index contributed by atoms with van der Waals surface area (Å²) < 4.78 is 34.7. The third-order valence-electron chi connectivity index (χ3n) is 3.48. The number of hydrogen-bond acceptors (Lipinski definition) is 3. The lowest BCUT2D eigenvalue weighted by Crippen LogP contribution is -2.24. The Morgan fingerprint density at radius 2 is 1.88 bits per heavy atom. The highest BCUT2D eigenvalue weighted by molar-refractivity contribution is 5.82. The third kappa shape index (κ3) is 3.90. The third-order valence-corrected chi connectivity index (χ3v) is 3.48. The first-order chi connectivity index (χ1) is 11.6. The number of carbonyl (C=O) groups is 1. The van der Waals surface area contributed by atoms with E-state index in [0.29, 0.717) is 11.3 Å². The van der Waals surface area contributed by atoms with Crippen LogP contribution in [0.25, 0.3) is 11.0 Å². The molecule has 0 radical (unpaired) electrons. The largest absolute Gasteiger partial charge is 0.461 e. The fraction of sp³-hybridized carbons (Fsp3) is 0.167. The van der Waals surface area contributed by atoms with Crippen molar-refractivity contribution in [2.75, 3.05) is 0 Å². The van der Waals surface area contributed by atoms with Crippen LogP contribution in [0.15, 0.2) is 59.0 Å². The summed E-state index contributed by atoms with van der Waals surface area (Å²) in [6.07, 6.45) is 0.0759. The molecule has 0 saturated carbocycles. The zero-order valence-corrected chi connectivity index (χ0v) is 12.7. The number of para-hydroxylation sites is 2. The zero-order chi connectivity index (χ0) is 16.9. The number of furan rings is 1. The quantitative estimate of drug-likeness (QED) is 0.745. The predicted octanol–water partition coefficient (Wildman–Crippen LogP) is 3.89. The Balaban J connectivity index is 1.61. The van der Waals surface area contributed by atoms with Gasteiger partial charge in [0.25, 0.3) is 0 Å². The van der Waals surface area contributed by atoms with Gasteiger partial charge in [-0.25, -0.2) is 0 Å². The fourth-order valence-electron chi connectivity index (χ4n) is 2.40. The van der Waals surface area contributed by atoms with E-state index in [-0.39, 0.29) is 24.6 Å². The van der Waals surface area contributed by atoms with Crippen molar-refractivity contribution < 1.29 is 22.7 Å². The Morgan fingerprint density at radius 1 is 1.12 bits per heavy atom. The van der Waals surface area contributed by atoms with Crippen LogP contribution in [-0.4, -0.2) is 12.5 Å². The van der Waals surface area contributed by atoms with Crippen molar-refractivity contribution in [1.82, 2.24) is 5.32 Å². The first-order valence-electron chi connectivity index (χ1n) is 7.38. The van der Waals surface area contributed by atoms with Gasteiger partial charge in [0.15, 0.2) is 0 Å². The number of fused-ring (bicyclic) bond motifs is 1. The maximum Gasteiger partial charge on any atom is 0.387 e. The molecule has 24 heavy (non-hydrogen) atoms. The molecule has 0 unspecified atom stereocenters. The molecule has 124 valence electrons. The SMILES string of the molecule is O=C(Cc1cc2ccccc2o1)NCc1ccccc1OC(F)F. The molecule has 0 aliphatic heterocycles. The molecule has 1 amide bonds. The summed E-state index contributed by atoms with van der Waals surface area (Å²) >= 11 is 0. The smallest absolute Gasteiger partial charge is 0.387 e. The maximum atomic E-state index is 12.4. The highest BCUT2D eigenvalue weighted by atomic mass is 19.3. The normalized spacial score (nSPS) is 11.0. The molecule has 0 aliphatic rings. The summed E-state index contributed by atoms with van der Waals surface area (Å²) in [6, 6.07) is 15.6. The highest BCUT2D eigenvalue weighted by Crippen LogP contribution is 2.21. The summed E-state index contributed by atoms with van der Waals surface area (Å²) in [5.41, 5.74) is 1.20. The standard InChI is InChI=1S/C18H15F2NO3/c19-18(20)24-16-8-4-2-6-13(16)11-21-17(22)10-14-9-12-5-1-3-7-15(12)23-14/h1-9,18H,10-11H2,(H,21,22). The molecule has 0 spiro atoms. The molecule has 2 aromatic carbocycles. The van der Waals surface area contributed by atoms with Crippen molar-refractivity contribution in [3.8, 4) is 5.75 Å². The number of hydrogen-bond donors (Lipinski definition) is 1. The minimum Gasteiger partial charge on any atom is -0.461 e. The molecule has 3 aromatic rings. The van der Waals surface area contributed by atoms with Crippen LogP contribution in [-0.2, 0) is 17.8 Å². The predicted molar refractivity (Wildman–Crippen MR) is 84.8 cm³/mol. The molecule has 0 saturated heterocycles. The number of benzene rings is 2. The molecule has 1 aromatic heterocycles. The van der Waals surface area contributed by atoms with E-state index in [1.54, 1.807) is 18.2 Å². The second-order valence-electron chi connectivity index (χ2n) is 5.19. The van der Waals surface area contributed by atoms with E-state index in [1.165, 1.54) is 6.07 Å². The number of alkyl halides is 2. The summed E-state index contributed by atoms with van der Waals surface area (Å²) in [5.74, 6) is 0.336. The minimum absolute atomic E-state index is 0.0523. The Hall–Kier alpha value is -2.89. The Labute approximate surface area is 137 Å². The first kappa shape index (κ1) is 16.0. The van der Waals surface area contributed by atoms with Crippen LogP contribution in [0.1, 0.15) is 11.3 Å². The second-order valence-corrected chi connectivity index (χ2v) is 5.19. The molecule has 0 atom stereocenters.